The summed E-state index contributed by atoms with van der Waals surface area (Å²) in [5.74, 6) is -1.24. The van der Waals surface area contributed by atoms with Crippen molar-refractivity contribution in [3.8, 4) is 0 Å². The van der Waals surface area contributed by atoms with Gasteiger partial charge in [0, 0.05) is 154 Å². The summed E-state index contributed by atoms with van der Waals surface area (Å²) < 4.78 is 198. The Kier molecular flexibility index (Phi) is 48.4. The maximum Gasteiger partial charge on any atom is 1.00 e. The average molecular weight is 1280 g/mol. The van der Waals surface area contributed by atoms with E-state index in [-0.39, 0.29) is 165 Å². The molecule has 430 valence electrons. The Morgan fingerprint density at radius 2 is 0.556 bits per heavy atom. The molecule has 30 nitrogen and oxygen atoms in total. The largest absolute Gasteiger partial charge is 1.00 e. The molecular formula is C30H65NaO30S10Si. The van der Waals surface area contributed by atoms with Crippen molar-refractivity contribution >= 4 is 121 Å². The molecule has 0 aliphatic carbocycles. The zero-order valence-corrected chi connectivity index (χ0v) is 51.2. The summed E-state index contributed by atoms with van der Waals surface area (Å²) in [6.45, 7) is 9.97. The van der Waals surface area contributed by atoms with Crippen molar-refractivity contribution in [3.63, 3.8) is 0 Å². The van der Waals surface area contributed by atoms with Crippen LogP contribution in [0.25, 0.3) is 0 Å². The molecule has 72 heavy (non-hydrogen) atoms. The number of hydrogen-bond acceptors (Lipinski definition) is 35. The molecule has 0 fully saturated rings. The molecular weight excluding hydrogens is 1210 g/mol. The van der Waals surface area contributed by atoms with E-state index in [1.165, 1.54) is 0 Å². The van der Waals surface area contributed by atoms with Crippen LogP contribution in [-0.2, 0) is 109 Å². The molecule has 0 aromatic heterocycles. The molecule has 42 heteroatoms. The van der Waals surface area contributed by atoms with Crippen molar-refractivity contribution in [3.05, 3.63) is 0 Å². The first-order chi connectivity index (χ1) is 33.1. The zero-order chi connectivity index (χ0) is 54.5. The van der Waals surface area contributed by atoms with Crippen LogP contribution in [0.15, 0.2) is 0 Å². The summed E-state index contributed by atoms with van der Waals surface area (Å²) in [6.07, 6.45) is -4.22. The summed E-state index contributed by atoms with van der Waals surface area (Å²) in [7, 11) is -34.8. The van der Waals surface area contributed by atoms with Crippen LogP contribution in [0.2, 0.25) is 0 Å². The van der Waals surface area contributed by atoms with Gasteiger partial charge in [-0.3, -0.25) is 0 Å². The van der Waals surface area contributed by atoms with Gasteiger partial charge in [-0.05, 0) is 32.1 Å². The molecule has 0 aromatic carbocycles. The molecule has 5 atom stereocenters. The van der Waals surface area contributed by atoms with E-state index < -0.39 is 92.5 Å². The molecule has 0 spiro atoms. The fourth-order valence-electron chi connectivity index (χ4n) is 3.53. The maximum absolute atomic E-state index is 13.0. The third-order valence-electron chi connectivity index (χ3n) is 6.29. The Balaban J connectivity index is -0.00000273. The Labute approximate surface area is 468 Å². The van der Waals surface area contributed by atoms with Gasteiger partial charge in [-0.25, -0.2) is 27.5 Å². The molecule has 0 aliphatic heterocycles. The van der Waals surface area contributed by atoms with Gasteiger partial charge < -0.3 is 53.8 Å². The Bertz CT molecular complexity index is 1670. The van der Waals surface area contributed by atoms with Gasteiger partial charge in [0.1, 0.15) is 0 Å². The standard InChI is InChI=1S/C24H52O24S8Si.C6H14O6S2.Na/c1-5-13-37-21(25)9-17-49-41-53(29,30)45-57(46-54(31,32)42-50-18-10-22(26)38-14-6-2,47-55(33,34)43-51-19-11-23(27)39-15-7-3)48-56(35,36)44-52-20-12-24(28)40-16-8-4;1-2-4-11-6(7)3-5-13-12-14(8,9)10;/h21-28H,5-20H2,1-4H3;6-7H,2-5H2,1H3,(H,8,9,10);/q;;+1/p-1. The van der Waals surface area contributed by atoms with Crippen LogP contribution < -0.4 is 29.6 Å². The molecule has 5 unspecified atom stereocenters. The summed E-state index contributed by atoms with van der Waals surface area (Å²) in [5.41, 5.74) is 0. The van der Waals surface area contributed by atoms with E-state index in [4.69, 9.17) is 28.8 Å². The van der Waals surface area contributed by atoms with E-state index in [1.807, 2.05) is 6.92 Å². The van der Waals surface area contributed by atoms with Crippen molar-refractivity contribution in [2.24, 2.45) is 0 Å². The minimum Gasteiger partial charge on any atom is -0.725 e. The van der Waals surface area contributed by atoms with E-state index >= 15 is 0 Å². The van der Waals surface area contributed by atoms with E-state index in [1.54, 1.807) is 27.7 Å². The number of aliphatic hydroxyl groups is 5. The third-order valence-corrected chi connectivity index (χ3v) is 20.1. The summed E-state index contributed by atoms with van der Waals surface area (Å²) in [4.78, 5) is 0. The molecule has 0 bridgehead atoms. The first-order valence-corrected chi connectivity index (χ1v) is 33.8. The van der Waals surface area contributed by atoms with Gasteiger partial charge in [0.05, 0.1) is 0 Å². The quantitative estimate of drug-likeness (QED) is 0.0121. The predicted octanol–water partition coefficient (Wildman–Crippen LogP) is -1.08. The van der Waals surface area contributed by atoms with Gasteiger partial charge in [-0.2, -0.15) is 48.2 Å². The smallest absolute Gasteiger partial charge is 0.725 e. The SMILES string of the molecule is CCCOC(O)CCSOS(=O)(=O)O[Si](OS(=O)(=O)OSCCC(O)OCCC)(OS(=O)(=O)OSCCC(O)OCCC)OS(=O)(=O)OSCCC(O)OCCC.CCCOC(O)CCSOS(=O)(=O)[O-].[Na+]. The number of aliphatic hydroxyl groups excluding tert-OH is 5. The second-order valence-electron chi connectivity index (χ2n) is 12.9. The van der Waals surface area contributed by atoms with Crippen LogP contribution in [0.1, 0.15) is 98.8 Å². The monoisotopic (exact) mass is 1280 g/mol. The van der Waals surface area contributed by atoms with Crippen LogP contribution in [0.5, 0.6) is 0 Å². The minimum atomic E-state index is -6.94. The van der Waals surface area contributed by atoms with E-state index in [2.05, 4.69) is 33.6 Å². The van der Waals surface area contributed by atoms with E-state index in [0.29, 0.717) is 44.3 Å². The van der Waals surface area contributed by atoms with Crippen molar-refractivity contribution in [1.82, 2.24) is 0 Å². The van der Waals surface area contributed by atoms with Gasteiger partial charge in [-0.15, -0.1) is 0 Å². The fourth-order valence-corrected chi connectivity index (χ4v) is 16.4. The molecule has 0 radical (unpaired) electrons. The van der Waals surface area contributed by atoms with E-state index in [9.17, 15) is 67.1 Å². The Morgan fingerprint density at radius 3 is 0.722 bits per heavy atom. The molecule has 0 aromatic rings. The van der Waals surface area contributed by atoms with Gasteiger partial charge in [0.2, 0.25) is 10.4 Å². The van der Waals surface area contributed by atoms with Crippen molar-refractivity contribution in [2.45, 2.75) is 130 Å². The second kappa shape index (κ2) is 44.6. The number of rotatable bonds is 48. The minimum absolute atomic E-state index is 0. The summed E-state index contributed by atoms with van der Waals surface area (Å²) >= 11 is 0.615. The van der Waals surface area contributed by atoms with Crippen LogP contribution >= 0.6 is 60.2 Å². The summed E-state index contributed by atoms with van der Waals surface area (Å²) in [5, 5.41) is 48.4. The molecule has 0 heterocycles. The zero-order valence-electron chi connectivity index (χ0n) is 40.1. The molecule has 0 saturated carbocycles. The predicted molar refractivity (Wildman–Crippen MR) is 258 cm³/mol. The second-order valence-corrected chi connectivity index (χ2v) is 26.6. The number of hydrogen-bond donors (Lipinski definition) is 5. The van der Waals surface area contributed by atoms with Crippen LogP contribution in [-0.4, -0.2) is 174 Å². The maximum atomic E-state index is 13.0. The van der Waals surface area contributed by atoms with Gasteiger partial charge >= 0.3 is 80.2 Å². The van der Waals surface area contributed by atoms with Crippen LogP contribution in [0, 0.1) is 0 Å². The molecule has 5 N–H and O–H groups in total. The van der Waals surface area contributed by atoms with Gasteiger partial charge in [0.25, 0.3) is 0 Å². The molecule has 0 saturated heterocycles. The van der Waals surface area contributed by atoms with Crippen molar-refractivity contribution < 1.29 is 159 Å². The first-order valence-electron chi connectivity index (χ1n) is 20.9. The Morgan fingerprint density at radius 1 is 0.375 bits per heavy atom. The van der Waals surface area contributed by atoms with Gasteiger partial charge in [-0.1, -0.05) is 34.6 Å². The topological polar surface area (TPSA) is 424 Å². The number of ether oxygens (including phenoxy) is 5. The van der Waals surface area contributed by atoms with Crippen LogP contribution in [0.3, 0.4) is 0 Å². The van der Waals surface area contributed by atoms with Crippen molar-refractivity contribution in [2.75, 3.05) is 61.8 Å². The average Bonchev–Trinajstić information content (AvgIpc) is 3.26. The van der Waals surface area contributed by atoms with Crippen LogP contribution in [0.4, 0.5) is 0 Å². The molecule has 0 aliphatic rings. The molecule has 0 rings (SSSR count). The fraction of sp³-hybridized carbons (Fsp3) is 1.00. The van der Waals surface area contributed by atoms with Gasteiger partial charge in [0.15, 0.2) is 31.5 Å². The normalized spacial score (nSPS) is 15.7. The summed E-state index contributed by atoms with van der Waals surface area (Å²) in [6, 6.07) is 0. The Hall–Kier alpha value is 1.92. The van der Waals surface area contributed by atoms with Crippen molar-refractivity contribution in [1.29, 1.82) is 0 Å². The third kappa shape index (κ3) is 49.0. The van der Waals surface area contributed by atoms with E-state index in [0.717, 1.165) is 6.42 Å². The molecule has 0 amide bonds. The first kappa shape index (κ1) is 78.1.